The Labute approximate surface area is 121 Å². The molecule has 4 nitrogen and oxygen atoms in total. The zero-order valence-corrected chi connectivity index (χ0v) is 12.3. The molecule has 1 aromatic rings. The molecule has 1 saturated carbocycles. The molecule has 110 valence electrons. The number of hydrogen-bond donors (Lipinski definition) is 3. The van der Waals surface area contributed by atoms with Crippen LogP contribution in [-0.4, -0.2) is 17.1 Å². The fourth-order valence-electron chi connectivity index (χ4n) is 3.02. The van der Waals surface area contributed by atoms with Crippen molar-refractivity contribution in [3.05, 3.63) is 35.4 Å². The molecule has 2 rings (SSSR count). The average molecular weight is 275 g/mol. The summed E-state index contributed by atoms with van der Waals surface area (Å²) in [6, 6.07) is 8.42. The van der Waals surface area contributed by atoms with Gasteiger partial charge in [-0.15, -0.1) is 0 Å². The molecule has 0 amide bonds. The summed E-state index contributed by atoms with van der Waals surface area (Å²) in [5.74, 6) is 1.67. The minimum atomic E-state index is 0.159. The van der Waals surface area contributed by atoms with Crippen LogP contribution in [0, 0.1) is 11.8 Å². The van der Waals surface area contributed by atoms with Crippen LogP contribution < -0.4 is 11.1 Å². The number of nitrogens with two attached hydrogens (primary N) is 1. The molecule has 1 aliphatic carbocycles. The Balaban J connectivity index is 1.97. The summed E-state index contributed by atoms with van der Waals surface area (Å²) in [6.07, 6.45) is 3.91. The summed E-state index contributed by atoms with van der Waals surface area (Å²) >= 11 is 0. The van der Waals surface area contributed by atoms with Crippen LogP contribution in [0.15, 0.2) is 29.4 Å². The van der Waals surface area contributed by atoms with E-state index in [0.29, 0.717) is 6.04 Å². The van der Waals surface area contributed by atoms with Crippen molar-refractivity contribution in [1.29, 1.82) is 0 Å². The first-order chi connectivity index (χ1) is 9.61. The number of oxime groups is 1. The molecule has 1 aromatic carbocycles. The molecule has 3 atom stereocenters. The Morgan fingerprint density at radius 3 is 2.95 bits per heavy atom. The summed E-state index contributed by atoms with van der Waals surface area (Å²) in [4.78, 5) is 0. The van der Waals surface area contributed by atoms with Crippen molar-refractivity contribution < 1.29 is 5.21 Å². The zero-order chi connectivity index (χ0) is 14.5. The van der Waals surface area contributed by atoms with E-state index in [1.54, 1.807) is 0 Å². The first-order valence-corrected chi connectivity index (χ1v) is 7.42. The second-order valence-electron chi connectivity index (χ2n) is 5.94. The standard InChI is InChI=1S/C16H25N3O/c1-11-5-3-8-15(12(11)2)18-10-13-6-4-7-14(9-13)16(17)19-20/h4,6-7,9,11-12,15,18,20H,3,5,8,10H2,1-2H3,(H2,17,19). The maximum atomic E-state index is 8.72. The van der Waals surface area contributed by atoms with Gasteiger partial charge in [0.15, 0.2) is 5.84 Å². The van der Waals surface area contributed by atoms with Crippen molar-refractivity contribution in [2.45, 2.75) is 45.7 Å². The predicted octanol–water partition coefficient (Wildman–Crippen LogP) is 2.70. The first-order valence-electron chi connectivity index (χ1n) is 7.42. The van der Waals surface area contributed by atoms with Crippen LogP contribution in [0.3, 0.4) is 0 Å². The molecular formula is C16H25N3O. The number of hydrogen-bond acceptors (Lipinski definition) is 3. The Morgan fingerprint density at radius 2 is 2.20 bits per heavy atom. The van der Waals surface area contributed by atoms with Crippen molar-refractivity contribution in [3.63, 3.8) is 0 Å². The van der Waals surface area contributed by atoms with E-state index in [2.05, 4.69) is 30.4 Å². The topological polar surface area (TPSA) is 70.6 Å². The fourth-order valence-corrected chi connectivity index (χ4v) is 3.02. The number of nitrogens with zero attached hydrogens (tertiary/aromatic N) is 1. The lowest BCUT2D eigenvalue weighted by Crippen LogP contribution is -2.40. The highest BCUT2D eigenvalue weighted by atomic mass is 16.4. The molecular weight excluding hydrogens is 250 g/mol. The molecule has 4 N–H and O–H groups in total. The van der Waals surface area contributed by atoms with Gasteiger partial charge < -0.3 is 16.3 Å². The molecule has 0 heterocycles. The van der Waals surface area contributed by atoms with Crippen LogP contribution in [0.2, 0.25) is 0 Å². The third-order valence-corrected chi connectivity index (χ3v) is 4.61. The Hall–Kier alpha value is -1.55. The normalized spacial score (nSPS) is 27.5. The first kappa shape index (κ1) is 14.9. The van der Waals surface area contributed by atoms with Gasteiger partial charge in [-0.2, -0.15) is 0 Å². The second kappa shape index (κ2) is 6.75. The lowest BCUT2D eigenvalue weighted by molar-refractivity contribution is 0.206. The number of rotatable bonds is 4. The van der Waals surface area contributed by atoms with Crippen LogP contribution in [0.25, 0.3) is 0 Å². The van der Waals surface area contributed by atoms with Crippen molar-refractivity contribution in [1.82, 2.24) is 5.32 Å². The van der Waals surface area contributed by atoms with E-state index >= 15 is 0 Å². The van der Waals surface area contributed by atoms with Crippen molar-refractivity contribution >= 4 is 5.84 Å². The Morgan fingerprint density at radius 1 is 1.40 bits per heavy atom. The van der Waals surface area contributed by atoms with Crippen LogP contribution in [-0.2, 0) is 6.54 Å². The minimum absolute atomic E-state index is 0.159. The van der Waals surface area contributed by atoms with E-state index in [-0.39, 0.29) is 5.84 Å². The number of benzene rings is 1. The summed E-state index contributed by atoms with van der Waals surface area (Å²) in [6.45, 7) is 5.51. The molecule has 0 bridgehead atoms. The van der Waals surface area contributed by atoms with Gasteiger partial charge in [-0.05, 0) is 29.9 Å². The van der Waals surface area contributed by atoms with Gasteiger partial charge in [0.25, 0.3) is 0 Å². The summed E-state index contributed by atoms with van der Waals surface area (Å²) in [7, 11) is 0. The van der Waals surface area contributed by atoms with E-state index in [1.165, 1.54) is 24.8 Å². The van der Waals surface area contributed by atoms with Gasteiger partial charge in [-0.1, -0.05) is 50.0 Å². The van der Waals surface area contributed by atoms with E-state index in [1.807, 2.05) is 18.2 Å². The highest BCUT2D eigenvalue weighted by Gasteiger charge is 2.26. The molecule has 0 aliphatic heterocycles. The highest BCUT2D eigenvalue weighted by molar-refractivity contribution is 5.97. The molecule has 3 unspecified atom stereocenters. The van der Waals surface area contributed by atoms with Crippen molar-refractivity contribution in [2.24, 2.45) is 22.7 Å². The van der Waals surface area contributed by atoms with Crippen LogP contribution in [0.4, 0.5) is 0 Å². The maximum absolute atomic E-state index is 8.72. The number of amidine groups is 1. The highest BCUT2D eigenvalue weighted by Crippen LogP contribution is 2.29. The molecule has 1 fully saturated rings. The monoisotopic (exact) mass is 275 g/mol. The van der Waals surface area contributed by atoms with Crippen molar-refractivity contribution in [2.75, 3.05) is 0 Å². The molecule has 20 heavy (non-hydrogen) atoms. The SMILES string of the molecule is CC1CCCC(NCc2cccc(C(N)=NO)c2)C1C. The van der Waals surface area contributed by atoms with Gasteiger partial charge in [0.2, 0.25) is 0 Å². The zero-order valence-electron chi connectivity index (χ0n) is 12.3. The fraction of sp³-hybridized carbons (Fsp3) is 0.562. The summed E-state index contributed by atoms with van der Waals surface area (Å²) in [5, 5.41) is 15.4. The largest absolute Gasteiger partial charge is 0.409 e. The molecule has 4 heteroatoms. The molecule has 0 saturated heterocycles. The van der Waals surface area contributed by atoms with Gasteiger partial charge in [0, 0.05) is 18.2 Å². The van der Waals surface area contributed by atoms with E-state index in [0.717, 1.165) is 23.9 Å². The van der Waals surface area contributed by atoms with Crippen LogP contribution in [0.5, 0.6) is 0 Å². The lowest BCUT2D eigenvalue weighted by Gasteiger charge is -2.34. The van der Waals surface area contributed by atoms with Crippen LogP contribution in [0.1, 0.15) is 44.2 Å². The average Bonchev–Trinajstić information content (AvgIpc) is 2.48. The third-order valence-electron chi connectivity index (χ3n) is 4.61. The van der Waals surface area contributed by atoms with E-state index < -0.39 is 0 Å². The van der Waals surface area contributed by atoms with Gasteiger partial charge in [0.1, 0.15) is 0 Å². The summed E-state index contributed by atoms with van der Waals surface area (Å²) < 4.78 is 0. The molecule has 0 spiro atoms. The predicted molar refractivity (Wildman–Crippen MR) is 81.8 cm³/mol. The lowest BCUT2D eigenvalue weighted by atomic mass is 9.78. The minimum Gasteiger partial charge on any atom is -0.409 e. The summed E-state index contributed by atoms with van der Waals surface area (Å²) in [5.41, 5.74) is 7.55. The van der Waals surface area contributed by atoms with Gasteiger partial charge in [-0.25, -0.2) is 0 Å². The molecule has 0 radical (unpaired) electrons. The van der Waals surface area contributed by atoms with Gasteiger partial charge in [-0.3, -0.25) is 0 Å². The Bertz CT molecular complexity index is 473. The third kappa shape index (κ3) is 3.51. The smallest absolute Gasteiger partial charge is 0.170 e. The molecule has 1 aliphatic rings. The van der Waals surface area contributed by atoms with Crippen LogP contribution >= 0.6 is 0 Å². The second-order valence-corrected chi connectivity index (χ2v) is 5.94. The maximum Gasteiger partial charge on any atom is 0.170 e. The van der Waals surface area contributed by atoms with Crippen molar-refractivity contribution in [3.8, 4) is 0 Å². The van der Waals surface area contributed by atoms with Gasteiger partial charge in [0.05, 0.1) is 0 Å². The van der Waals surface area contributed by atoms with E-state index in [4.69, 9.17) is 10.9 Å². The van der Waals surface area contributed by atoms with E-state index in [9.17, 15) is 0 Å². The number of nitrogens with one attached hydrogen (secondary N) is 1. The quantitative estimate of drug-likeness (QED) is 0.342. The molecule has 0 aromatic heterocycles. The Kier molecular flexibility index (Phi) is 5.01. The van der Waals surface area contributed by atoms with Gasteiger partial charge >= 0.3 is 0 Å².